The Hall–Kier alpha value is -1.28. The molecule has 2 N–H and O–H groups in total. The minimum absolute atomic E-state index is 0.174. The third kappa shape index (κ3) is 2.52. The molecule has 17 heavy (non-hydrogen) atoms. The van der Waals surface area contributed by atoms with Gasteiger partial charge in [0, 0.05) is 0 Å². The molecular formula is C9H11F3N2O2S. The van der Waals surface area contributed by atoms with Gasteiger partial charge in [-0.1, -0.05) is 25.1 Å². The van der Waals surface area contributed by atoms with Crippen molar-refractivity contribution in [3.8, 4) is 0 Å². The van der Waals surface area contributed by atoms with Crippen LogP contribution in [0.25, 0.3) is 0 Å². The monoisotopic (exact) mass is 268 g/mol. The van der Waals surface area contributed by atoms with Gasteiger partial charge in [-0.2, -0.15) is 26.0 Å². The van der Waals surface area contributed by atoms with Crippen molar-refractivity contribution in [1.82, 2.24) is 0 Å². The Kier molecular flexibility index (Phi) is 3.68. The molecule has 1 rings (SSSR count). The van der Waals surface area contributed by atoms with Crippen molar-refractivity contribution in [3.63, 3.8) is 0 Å². The predicted molar refractivity (Wildman–Crippen MR) is 57.5 cm³/mol. The van der Waals surface area contributed by atoms with Crippen LogP contribution in [0.2, 0.25) is 0 Å². The summed E-state index contributed by atoms with van der Waals surface area (Å²) in [6.07, 6.45) is 0.372. The van der Waals surface area contributed by atoms with Gasteiger partial charge in [0.1, 0.15) is 0 Å². The summed E-state index contributed by atoms with van der Waals surface area (Å²) in [4.78, 5) is 0. The molecule has 0 spiro atoms. The third-order valence-corrected chi connectivity index (χ3v) is 3.46. The molecule has 96 valence electrons. The second-order valence-electron chi connectivity index (χ2n) is 3.23. The van der Waals surface area contributed by atoms with Gasteiger partial charge in [0.25, 0.3) is 0 Å². The number of para-hydroxylation sites is 1. The molecular weight excluding hydrogens is 257 g/mol. The molecule has 0 atom stereocenters. The van der Waals surface area contributed by atoms with E-state index in [-0.39, 0.29) is 10.1 Å². The highest BCUT2D eigenvalue weighted by atomic mass is 32.2. The first-order valence-electron chi connectivity index (χ1n) is 4.66. The Balaban J connectivity index is 3.27. The van der Waals surface area contributed by atoms with Gasteiger partial charge < -0.3 is 0 Å². The summed E-state index contributed by atoms with van der Waals surface area (Å²) in [6, 6.07) is 5.75. The minimum atomic E-state index is -5.55. The molecule has 0 heterocycles. The Labute approximate surface area is 96.9 Å². The lowest BCUT2D eigenvalue weighted by Crippen LogP contribution is -2.45. The number of hydrazine groups is 1. The highest BCUT2D eigenvalue weighted by Crippen LogP contribution is 2.30. The van der Waals surface area contributed by atoms with Crippen molar-refractivity contribution < 1.29 is 21.6 Å². The molecule has 0 aliphatic heterocycles. The molecule has 0 saturated heterocycles. The van der Waals surface area contributed by atoms with Gasteiger partial charge in [-0.15, -0.1) is 0 Å². The summed E-state index contributed by atoms with van der Waals surface area (Å²) < 4.78 is 58.8. The number of alkyl halides is 3. The highest BCUT2D eigenvalue weighted by molar-refractivity contribution is 7.93. The van der Waals surface area contributed by atoms with E-state index in [0.717, 1.165) is 0 Å². The number of rotatable bonds is 3. The fraction of sp³-hybridized carbons (Fsp3) is 0.333. The van der Waals surface area contributed by atoms with E-state index < -0.39 is 15.5 Å². The lowest BCUT2D eigenvalue weighted by molar-refractivity contribution is -0.0438. The lowest BCUT2D eigenvalue weighted by atomic mass is 10.1. The maximum absolute atomic E-state index is 12.3. The number of anilines is 1. The minimum Gasteiger partial charge on any atom is -0.233 e. The topological polar surface area (TPSA) is 63.4 Å². The van der Waals surface area contributed by atoms with Gasteiger partial charge in [0.15, 0.2) is 0 Å². The van der Waals surface area contributed by atoms with Crippen LogP contribution in [-0.4, -0.2) is 13.9 Å². The largest absolute Gasteiger partial charge is 0.518 e. The van der Waals surface area contributed by atoms with Crippen molar-refractivity contribution in [2.24, 2.45) is 5.84 Å². The molecule has 0 bridgehead atoms. The second-order valence-corrected chi connectivity index (χ2v) is 5.04. The summed E-state index contributed by atoms with van der Waals surface area (Å²) in [5.74, 6) is 5.06. The van der Waals surface area contributed by atoms with E-state index in [0.29, 0.717) is 12.0 Å². The van der Waals surface area contributed by atoms with Gasteiger partial charge in [0.2, 0.25) is 0 Å². The smallest absolute Gasteiger partial charge is 0.233 e. The van der Waals surface area contributed by atoms with Crippen LogP contribution in [0, 0.1) is 0 Å². The molecule has 0 unspecified atom stereocenters. The van der Waals surface area contributed by atoms with Gasteiger partial charge in [-0.3, -0.25) is 0 Å². The maximum Gasteiger partial charge on any atom is 0.518 e. The fourth-order valence-corrected chi connectivity index (χ4v) is 1.93. The highest BCUT2D eigenvalue weighted by Gasteiger charge is 2.50. The number of benzene rings is 1. The van der Waals surface area contributed by atoms with Gasteiger partial charge in [-0.25, -0.2) is 5.84 Å². The van der Waals surface area contributed by atoms with Gasteiger partial charge >= 0.3 is 15.5 Å². The number of nitrogens with zero attached hydrogens (tertiary/aromatic N) is 1. The molecule has 0 aliphatic rings. The normalized spacial score (nSPS) is 12.5. The fourth-order valence-electron chi connectivity index (χ4n) is 1.27. The van der Waals surface area contributed by atoms with Crippen molar-refractivity contribution in [2.75, 3.05) is 4.41 Å². The van der Waals surface area contributed by atoms with Crippen molar-refractivity contribution in [2.45, 2.75) is 18.9 Å². The molecule has 8 heteroatoms. The number of halogens is 3. The Morgan fingerprint density at radius 1 is 1.29 bits per heavy atom. The average Bonchev–Trinajstić information content (AvgIpc) is 2.26. The van der Waals surface area contributed by atoms with E-state index in [4.69, 9.17) is 5.84 Å². The third-order valence-electron chi connectivity index (χ3n) is 2.16. The first-order valence-corrected chi connectivity index (χ1v) is 6.10. The standard InChI is InChI=1S/C9H11F3N2O2S/c1-2-7-5-3-4-6-8(7)14(13)17(15,16)9(10,11)12/h3-6H,2,13H2,1H3. The maximum atomic E-state index is 12.3. The zero-order chi connectivity index (χ0) is 13.3. The van der Waals surface area contributed by atoms with Crippen LogP contribution in [0.5, 0.6) is 0 Å². The molecule has 0 aromatic heterocycles. The SMILES string of the molecule is CCc1ccccc1N(N)S(=O)(=O)C(F)(F)F. The van der Waals surface area contributed by atoms with Crippen molar-refractivity contribution in [1.29, 1.82) is 0 Å². The van der Waals surface area contributed by atoms with Crippen LogP contribution < -0.4 is 10.3 Å². The lowest BCUT2D eigenvalue weighted by Gasteiger charge is -2.22. The zero-order valence-electron chi connectivity index (χ0n) is 8.90. The summed E-state index contributed by atoms with van der Waals surface area (Å²) in [7, 11) is -5.55. The van der Waals surface area contributed by atoms with Crippen LogP contribution in [-0.2, 0) is 16.4 Å². The first-order chi connectivity index (χ1) is 7.71. The summed E-state index contributed by atoms with van der Waals surface area (Å²) in [5, 5.41) is 0. The quantitative estimate of drug-likeness (QED) is 0.671. The van der Waals surface area contributed by atoms with Crippen LogP contribution in [0.1, 0.15) is 12.5 Å². The van der Waals surface area contributed by atoms with Crippen LogP contribution in [0.3, 0.4) is 0 Å². The molecule has 0 fully saturated rings. The Morgan fingerprint density at radius 3 is 2.29 bits per heavy atom. The van der Waals surface area contributed by atoms with Crippen molar-refractivity contribution in [3.05, 3.63) is 29.8 Å². The molecule has 1 aromatic rings. The number of aryl methyl sites for hydroxylation is 1. The molecule has 1 aromatic carbocycles. The first kappa shape index (κ1) is 13.8. The van der Waals surface area contributed by atoms with E-state index in [2.05, 4.69) is 0 Å². The number of hydrogen-bond acceptors (Lipinski definition) is 3. The van der Waals surface area contributed by atoms with Crippen LogP contribution >= 0.6 is 0 Å². The van der Waals surface area contributed by atoms with Crippen LogP contribution in [0.15, 0.2) is 24.3 Å². The van der Waals surface area contributed by atoms with E-state index in [9.17, 15) is 21.6 Å². The molecule has 0 amide bonds. The Bertz CT molecular complexity index is 499. The molecule has 0 saturated carbocycles. The number of nitrogens with two attached hydrogens (primary N) is 1. The summed E-state index contributed by atoms with van der Waals surface area (Å²) in [5.41, 5.74) is -5.17. The van der Waals surface area contributed by atoms with E-state index in [1.54, 1.807) is 13.0 Å². The zero-order valence-corrected chi connectivity index (χ0v) is 9.72. The van der Waals surface area contributed by atoms with Gasteiger partial charge in [-0.05, 0) is 18.1 Å². The number of hydrogen-bond donors (Lipinski definition) is 1. The Morgan fingerprint density at radius 2 is 1.82 bits per heavy atom. The van der Waals surface area contributed by atoms with E-state index in [1.165, 1.54) is 18.2 Å². The van der Waals surface area contributed by atoms with E-state index in [1.807, 2.05) is 0 Å². The predicted octanol–water partition coefficient (Wildman–Crippen LogP) is 1.78. The van der Waals surface area contributed by atoms with Crippen molar-refractivity contribution >= 4 is 15.7 Å². The summed E-state index contributed by atoms with van der Waals surface area (Å²) in [6.45, 7) is 1.69. The van der Waals surface area contributed by atoms with Crippen LogP contribution in [0.4, 0.5) is 18.9 Å². The summed E-state index contributed by atoms with van der Waals surface area (Å²) >= 11 is 0. The van der Waals surface area contributed by atoms with E-state index >= 15 is 0 Å². The average molecular weight is 268 g/mol. The molecule has 4 nitrogen and oxygen atoms in total. The molecule has 0 aliphatic carbocycles. The van der Waals surface area contributed by atoms with Gasteiger partial charge in [0.05, 0.1) is 5.69 Å². The molecule has 0 radical (unpaired) electrons. The number of sulfonamides is 1. The second kappa shape index (κ2) is 4.53.